The minimum absolute atomic E-state index is 0.0425. The highest BCUT2D eigenvalue weighted by atomic mass is 79.9. The summed E-state index contributed by atoms with van der Waals surface area (Å²) in [5, 5.41) is 3.25. The highest BCUT2D eigenvalue weighted by molar-refractivity contribution is 9.10. The summed E-state index contributed by atoms with van der Waals surface area (Å²) in [4.78, 5) is 29.1. The average Bonchev–Trinajstić information content (AvgIpc) is 3.43. The number of amides is 2. The second kappa shape index (κ2) is 14.0. The molecule has 3 aromatic carbocycles. The highest BCUT2D eigenvalue weighted by Crippen LogP contribution is 2.21. The molecule has 0 aliphatic heterocycles. The molecule has 2 amide bonds. The Morgan fingerprint density at radius 3 is 2.30 bits per heavy atom. The second-order valence-corrected chi connectivity index (χ2v) is 10.5. The summed E-state index contributed by atoms with van der Waals surface area (Å²) in [6, 6.07) is 27.1. The smallest absolute Gasteiger partial charge is 0.243 e. The number of ether oxygens (including phenoxy) is 1. The summed E-state index contributed by atoms with van der Waals surface area (Å²) < 4.78 is 6.75. The van der Waals surface area contributed by atoms with Crippen molar-refractivity contribution in [2.24, 2.45) is 0 Å². The Kier molecular flexibility index (Phi) is 10.2. The number of rotatable bonds is 12. The van der Waals surface area contributed by atoms with Gasteiger partial charge in [0.25, 0.3) is 0 Å². The molecule has 1 saturated carbocycles. The first-order chi connectivity index (χ1) is 18.1. The van der Waals surface area contributed by atoms with E-state index in [9.17, 15) is 9.59 Å². The minimum Gasteiger partial charge on any atom is -0.494 e. The molecule has 1 fully saturated rings. The molecule has 4 rings (SSSR count). The molecule has 1 aliphatic rings. The monoisotopic (exact) mass is 562 g/mol. The van der Waals surface area contributed by atoms with Gasteiger partial charge < -0.3 is 15.0 Å². The van der Waals surface area contributed by atoms with Gasteiger partial charge in [-0.15, -0.1) is 0 Å². The van der Waals surface area contributed by atoms with Crippen LogP contribution in [0, 0.1) is 0 Å². The van der Waals surface area contributed by atoms with Crippen molar-refractivity contribution in [2.75, 3.05) is 6.61 Å². The molecule has 0 unspecified atom stereocenters. The molecule has 37 heavy (non-hydrogen) atoms. The first-order valence-corrected chi connectivity index (χ1v) is 13.9. The van der Waals surface area contributed by atoms with Gasteiger partial charge in [0.1, 0.15) is 11.8 Å². The molecule has 0 heterocycles. The molecule has 0 aromatic heterocycles. The lowest BCUT2D eigenvalue weighted by Crippen LogP contribution is -2.52. The third-order valence-electron chi connectivity index (χ3n) is 6.76. The summed E-state index contributed by atoms with van der Waals surface area (Å²) in [7, 11) is 0. The second-order valence-electron chi connectivity index (χ2n) is 9.61. The Balaban J connectivity index is 1.52. The standard InChI is InChI=1S/C31H35BrN2O3/c32-26-14-9-13-25(21-26)23-34(30(35)19-10-20-37-28-17-5-2-6-18-28)29(22-24-11-3-1-4-12-24)31(36)33-27-15-7-8-16-27/h1-6,9,11-14,17-18,21,27,29H,7-8,10,15-16,19-20,22-23H2,(H,33,36)/t29-/m0/s1. The largest absolute Gasteiger partial charge is 0.494 e. The molecule has 6 heteroatoms. The van der Waals surface area contributed by atoms with Crippen molar-refractivity contribution in [3.63, 3.8) is 0 Å². The number of hydrogen-bond donors (Lipinski definition) is 1. The van der Waals surface area contributed by atoms with Gasteiger partial charge in [-0.2, -0.15) is 0 Å². The van der Waals surface area contributed by atoms with E-state index in [1.54, 1.807) is 4.90 Å². The summed E-state index contributed by atoms with van der Waals surface area (Å²) in [6.07, 6.45) is 5.63. The van der Waals surface area contributed by atoms with Crippen LogP contribution in [0.15, 0.2) is 89.4 Å². The molecule has 194 valence electrons. The van der Waals surface area contributed by atoms with Gasteiger partial charge in [0.2, 0.25) is 11.8 Å². The Morgan fingerprint density at radius 1 is 0.919 bits per heavy atom. The molecule has 0 spiro atoms. The van der Waals surface area contributed by atoms with E-state index in [1.165, 1.54) is 0 Å². The lowest BCUT2D eigenvalue weighted by Gasteiger charge is -2.32. The van der Waals surface area contributed by atoms with Crippen LogP contribution in [0.5, 0.6) is 5.75 Å². The molecule has 0 saturated heterocycles. The molecule has 5 nitrogen and oxygen atoms in total. The van der Waals surface area contributed by atoms with Crippen LogP contribution in [-0.4, -0.2) is 35.4 Å². The van der Waals surface area contributed by atoms with E-state index < -0.39 is 6.04 Å². The van der Waals surface area contributed by atoms with Crippen molar-refractivity contribution in [3.05, 3.63) is 101 Å². The molecular weight excluding hydrogens is 528 g/mol. The zero-order chi connectivity index (χ0) is 25.9. The summed E-state index contributed by atoms with van der Waals surface area (Å²) in [5.41, 5.74) is 2.02. The van der Waals surface area contributed by atoms with Gasteiger partial charge in [0.05, 0.1) is 6.61 Å². The number of para-hydroxylation sites is 1. The zero-order valence-electron chi connectivity index (χ0n) is 21.2. The van der Waals surface area contributed by atoms with Crippen LogP contribution >= 0.6 is 15.9 Å². The predicted octanol–water partition coefficient (Wildman–Crippen LogP) is 6.31. The average molecular weight is 564 g/mol. The third-order valence-corrected chi connectivity index (χ3v) is 7.25. The molecule has 1 aliphatic carbocycles. The first-order valence-electron chi connectivity index (χ1n) is 13.1. The van der Waals surface area contributed by atoms with Gasteiger partial charge in [0, 0.05) is 29.9 Å². The lowest BCUT2D eigenvalue weighted by molar-refractivity contribution is -0.141. The fraction of sp³-hybridized carbons (Fsp3) is 0.355. The third kappa shape index (κ3) is 8.46. The number of hydrogen-bond acceptors (Lipinski definition) is 3. The number of nitrogens with zero attached hydrogens (tertiary/aromatic N) is 1. The van der Waals surface area contributed by atoms with Crippen LogP contribution in [0.4, 0.5) is 0 Å². The quantitative estimate of drug-likeness (QED) is 0.263. The van der Waals surface area contributed by atoms with Gasteiger partial charge in [-0.05, 0) is 54.7 Å². The molecule has 1 atom stereocenters. The molecule has 0 bridgehead atoms. The van der Waals surface area contributed by atoms with Crippen molar-refractivity contribution in [1.29, 1.82) is 0 Å². The Morgan fingerprint density at radius 2 is 1.59 bits per heavy atom. The molecular formula is C31H35BrN2O3. The maximum Gasteiger partial charge on any atom is 0.243 e. The van der Waals surface area contributed by atoms with Crippen molar-refractivity contribution in [1.82, 2.24) is 10.2 Å². The lowest BCUT2D eigenvalue weighted by atomic mass is 10.0. The van der Waals surface area contributed by atoms with Crippen LogP contribution in [0.25, 0.3) is 0 Å². The van der Waals surface area contributed by atoms with Crippen LogP contribution in [0.1, 0.15) is 49.7 Å². The van der Waals surface area contributed by atoms with Gasteiger partial charge in [-0.1, -0.05) is 89.4 Å². The van der Waals surface area contributed by atoms with Crippen molar-refractivity contribution in [3.8, 4) is 5.75 Å². The summed E-state index contributed by atoms with van der Waals surface area (Å²) in [6.45, 7) is 0.811. The molecule has 0 radical (unpaired) electrons. The summed E-state index contributed by atoms with van der Waals surface area (Å²) in [5.74, 6) is 0.678. The first kappa shape index (κ1) is 26.9. The van der Waals surface area contributed by atoms with Gasteiger partial charge in [0.15, 0.2) is 0 Å². The van der Waals surface area contributed by atoms with E-state index in [0.29, 0.717) is 32.4 Å². The van der Waals surface area contributed by atoms with Gasteiger partial charge in [-0.25, -0.2) is 0 Å². The van der Waals surface area contributed by atoms with E-state index >= 15 is 0 Å². The van der Waals surface area contributed by atoms with E-state index in [-0.39, 0.29) is 17.9 Å². The highest BCUT2D eigenvalue weighted by Gasteiger charge is 2.32. The van der Waals surface area contributed by atoms with E-state index in [4.69, 9.17) is 4.74 Å². The van der Waals surface area contributed by atoms with Gasteiger partial charge in [-0.3, -0.25) is 9.59 Å². The number of halogens is 1. The maximum absolute atomic E-state index is 13.7. The summed E-state index contributed by atoms with van der Waals surface area (Å²) >= 11 is 3.54. The Labute approximate surface area is 228 Å². The fourth-order valence-electron chi connectivity index (χ4n) is 4.83. The van der Waals surface area contributed by atoms with Crippen LogP contribution < -0.4 is 10.1 Å². The maximum atomic E-state index is 13.7. The van der Waals surface area contributed by atoms with Crippen molar-refractivity contribution in [2.45, 2.75) is 63.6 Å². The molecule has 1 N–H and O–H groups in total. The van der Waals surface area contributed by atoms with Crippen LogP contribution in [-0.2, 0) is 22.6 Å². The number of benzene rings is 3. The number of carbonyl (C=O) groups excluding carboxylic acids is 2. The van der Waals surface area contributed by atoms with Gasteiger partial charge >= 0.3 is 0 Å². The fourth-order valence-corrected chi connectivity index (χ4v) is 5.27. The predicted molar refractivity (Wildman–Crippen MR) is 150 cm³/mol. The van der Waals surface area contributed by atoms with Crippen LogP contribution in [0.3, 0.4) is 0 Å². The topological polar surface area (TPSA) is 58.6 Å². The minimum atomic E-state index is -0.593. The van der Waals surface area contributed by atoms with Crippen LogP contribution in [0.2, 0.25) is 0 Å². The van der Waals surface area contributed by atoms with Crippen molar-refractivity contribution < 1.29 is 14.3 Å². The zero-order valence-corrected chi connectivity index (χ0v) is 22.7. The van der Waals surface area contributed by atoms with Crippen molar-refractivity contribution >= 4 is 27.7 Å². The van der Waals surface area contributed by atoms with E-state index in [0.717, 1.165) is 47.0 Å². The molecule has 3 aromatic rings. The Hall–Kier alpha value is -3.12. The normalized spacial score (nSPS) is 14.2. The number of carbonyl (C=O) groups is 2. The number of nitrogens with one attached hydrogen (secondary N) is 1. The van der Waals surface area contributed by atoms with E-state index in [2.05, 4.69) is 21.2 Å². The SMILES string of the molecule is O=C(NC1CCCC1)[C@H](Cc1ccccc1)N(Cc1cccc(Br)c1)C(=O)CCCOc1ccccc1. The Bertz CT molecular complexity index is 1130. The van der Waals surface area contributed by atoms with E-state index in [1.807, 2.05) is 84.9 Å².